The van der Waals surface area contributed by atoms with Crippen molar-refractivity contribution in [1.82, 2.24) is 0 Å². The van der Waals surface area contributed by atoms with Gasteiger partial charge in [0, 0.05) is 0 Å². The van der Waals surface area contributed by atoms with Crippen LogP contribution in [0.3, 0.4) is 0 Å². The van der Waals surface area contributed by atoms with Crippen molar-refractivity contribution in [2.45, 2.75) is 33.0 Å². The SMILES string of the molecule is CC(C)(C)OC(=O)c1ccccc1OCc1ccccc1. The van der Waals surface area contributed by atoms with Gasteiger partial charge in [0.15, 0.2) is 0 Å². The Morgan fingerprint density at radius 2 is 1.57 bits per heavy atom. The first kappa shape index (κ1) is 15.1. The second-order valence-corrected chi connectivity index (χ2v) is 5.77. The van der Waals surface area contributed by atoms with Crippen LogP contribution in [0, 0.1) is 0 Å². The third-order valence-electron chi connectivity index (χ3n) is 2.74. The van der Waals surface area contributed by atoms with E-state index in [0.29, 0.717) is 17.9 Å². The van der Waals surface area contributed by atoms with Crippen LogP contribution in [0.2, 0.25) is 0 Å². The summed E-state index contributed by atoms with van der Waals surface area (Å²) >= 11 is 0. The maximum absolute atomic E-state index is 12.2. The molecule has 2 rings (SSSR count). The fourth-order valence-electron chi connectivity index (χ4n) is 1.83. The first-order valence-electron chi connectivity index (χ1n) is 6.95. The van der Waals surface area contributed by atoms with Gasteiger partial charge in [-0.2, -0.15) is 0 Å². The molecule has 0 aliphatic rings. The van der Waals surface area contributed by atoms with Gasteiger partial charge in [-0.25, -0.2) is 4.79 Å². The van der Waals surface area contributed by atoms with Crippen molar-refractivity contribution >= 4 is 5.97 Å². The van der Waals surface area contributed by atoms with Gasteiger partial charge in [0.05, 0.1) is 0 Å². The number of carbonyl (C=O) groups excluding carboxylic acids is 1. The van der Waals surface area contributed by atoms with Gasteiger partial charge < -0.3 is 9.47 Å². The third kappa shape index (κ3) is 4.63. The van der Waals surface area contributed by atoms with Crippen LogP contribution < -0.4 is 4.74 Å². The molecule has 0 aromatic heterocycles. The van der Waals surface area contributed by atoms with E-state index in [1.807, 2.05) is 57.2 Å². The molecule has 3 heteroatoms. The van der Waals surface area contributed by atoms with Crippen molar-refractivity contribution in [3.05, 3.63) is 65.7 Å². The Labute approximate surface area is 125 Å². The van der Waals surface area contributed by atoms with Gasteiger partial charge in [-0.3, -0.25) is 0 Å². The molecule has 21 heavy (non-hydrogen) atoms. The van der Waals surface area contributed by atoms with Gasteiger partial charge in [0.25, 0.3) is 0 Å². The molecule has 0 fully saturated rings. The third-order valence-corrected chi connectivity index (χ3v) is 2.74. The van der Waals surface area contributed by atoms with Crippen molar-refractivity contribution < 1.29 is 14.3 Å². The van der Waals surface area contributed by atoms with Gasteiger partial charge in [0.1, 0.15) is 23.5 Å². The molecule has 0 saturated heterocycles. The minimum atomic E-state index is -0.524. The molecule has 0 spiro atoms. The van der Waals surface area contributed by atoms with Crippen LogP contribution in [0.5, 0.6) is 5.75 Å². The Morgan fingerprint density at radius 1 is 0.952 bits per heavy atom. The topological polar surface area (TPSA) is 35.5 Å². The zero-order valence-corrected chi connectivity index (χ0v) is 12.6. The van der Waals surface area contributed by atoms with E-state index < -0.39 is 5.60 Å². The van der Waals surface area contributed by atoms with E-state index in [9.17, 15) is 4.79 Å². The average molecular weight is 284 g/mol. The van der Waals surface area contributed by atoms with Crippen molar-refractivity contribution in [1.29, 1.82) is 0 Å². The molecule has 0 N–H and O–H groups in total. The number of para-hydroxylation sites is 1. The largest absolute Gasteiger partial charge is 0.488 e. The Kier molecular flexibility index (Phi) is 4.63. The molecule has 0 heterocycles. The molecular formula is C18H20O3. The van der Waals surface area contributed by atoms with Crippen molar-refractivity contribution in [3.63, 3.8) is 0 Å². The van der Waals surface area contributed by atoms with E-state index in [4.69, 9.17) is 9.47 Å². The highest BCUT2D eigenvalue weighted by atomic mass is 16.6. The summed E-state index contributed by atoms with van der Waals surface area (Å²) in [4.78, 5) is 12.2. The molecule has 0 saturated carbocycles. The van der Waals surface area contributed by atoms with Crippen LogP contribution >= 0.6 is 0 Å². The highest BCUT2D eigenvalue weighted by Crippen LogP contribution is 2.22. The van der Waals surface area contributed by atoms with E-state index in [1.165, 1.54) is 0 Å². The van der Waals surface area contributed by atoms with Crippen molar-refractivity contribution in [2.24, 2.45) is 0 Å². The minimum absolute atomic E-state index is 0.369. The summed E-state index contributed by atoms with van der Waals surface area (Å²) in [6, 6.07) is 17.0. The summed E-state index contributed by atoms with van der Waals surface area (Å²) in [6.45, 7) is 5.95. The second kappa shape index (κ2) is 6.44. The van der Waals surface area contributed by atoms with Crippen LogP contribution in [-0.2, 0) is 11.3 Å². The predicted octanol–water partition coefficient (Wildman–Crippen LogP) is 4.22. The average Bonchev–Trinajstić information content (AvgIpc) is 2.45. The van der Waals surface area contributed by atoms with Gasteiger partial charge in [0.2, 0.25) is 0 Å². The van der Waals surface area contributed by atoms with E-state index >= 15 is 0 Å². The predicted molar refractivity (Wildman–Crippen MR) is 82.4 cm³/mol. The van der Waals surface area contributed by atoms with Crippen molar-refractivity contribution in [3.8, 4) is 5.75 Å². The highest BCUT2D eigenvalue weighted by molar-refractivity contribution is 5.92. The number of rotatable bonds is 4. The molecule has 3 nitrogen and oxygen atoms in total. The maximum Gasteiger partial charge on any atom is 0.342 e. The van der Waals surface area contributed by atoms with Crippen LogP contribution in [0.1, 0.15) is 36.7 Å². The summed E-state index contributed by atoms with van der Waals surface area (Å²) in [6.07, 6.45) is 0. The van der Waals surface area contributed by atoms with E-state index in [2.05, 4.69) is 0 Å². The van der Waals surface area contributed by atoms with Gasteiger partial charge >= 0.3 is 5.97 Å². The van der Waals surface area contributed by atoms with Crippen LogP contribution in [0.15, 0.2) is 54.6 Å². The van der Waals surface area contributed by atoms with E-state index in [1.54, 1.807) is 18.2 Å². The molecule has 0 amide bonds. The first-order valence-corrected chi connectivity index (χ1v) is 6.95. The second-order valence-electron chi connectivity index (χ2n) is 5.77. The lowest BCUT2D eigenvalue weighted by Crippen LogP contribution is -2.24. The van der Waals surface area contributed by atoms with Gasteiger partial charge in [-0.05, 0) is 38.5 Å². The molecule has 0 radical (unpaired) electrons. The zero-order valence-electron chi connectivity index (χ0n) is 12.6. The standard InChI is InChI=1S/C18H20O3/c1-18(2,3)21-17(19)15-11-7-8-12-16(15)20-13-14-9-5-4-6-10-14/h4-12H,13H2,1-3H3. The fraction of sp³-hybridized carbons (Fsp3) is 0.278. The maximum atomic E-state index is 12.2. The lowest BCUT2D eigenvalue weighted by molar-refractivity contribution is 0.00655. The molecule has 0 atom stereocenters. The number of hydrogen-bond acceptors (Lipinski definition) is 3. The van der Waals surface area contributed by atoms with E-state index in [-0.39, 0.29) is 5.97 Å². The molecule has 2 aromatic carbocycles. The summed E-state index contributed by atoms with van der Waals surface area (Å²) in [7, 11) is 0. The lowest BCUT2D eigenvalue weighted by Gasteiger charge is -2.20. The quantitative estimate of drug-likeness (QED) is 0.788. The smallest absolute Gasteiger partial charge is 0.342 e. The van der Waals surface area contributed by atoms with Crippen LogP contribution in [-0.4, -0.2) is 11.6 Å². The Bertz CT molecular complexity index is 597. The summed E-state index contributed by atoms with van der Waals surface area (Å²) in [5.74, 6) is 0.168. The zero-order chi connectivity index (χ0) is 15.3. The Hall–Kier alpha value is -2.29. The monoisotopic (exact) mass is 284 g/mol. The number of ether oxygens (including phenoxy) is 2. The summed E-state index contributed by atoms with van der Waals surface area (Å²) < 4.78 is 11.2. The van der Waals surface area contributed by atoms with Crippen molar-refractivity contribution in [2.75, 3.05) is 0 Å². The lowest BCUT2D eigenvalue weighted by atomic mass is 10.1. The summed E-state index contributed by atoms with van der Waals surface area (Å²) in [5.41, 5.74) is 0.976. The fourth-order valence-corrected chi connectivity index (χ4v) is 1.83. The number of carbonyl (C=O) groups is 1. The molecular weight excluding hydrogens is 264 g/mol. The summed E-state index contributed by atoms with van der Waals surface area (Å²) in [5, 5.41) is 0. The number of esters is 1. The normalized spacial score (nSPS) is 11.0. The Balaban J connectivity index is 2.12. The highest BCUT2D eigenvalue weighted by Gasteiger charge is 2.20. The molecule has 0 unspecified atom stereocenters. The molecule has 0 bridgehead atoms. The molecule has 0 aliphatic heterocycles. The molecule has 0 aliphatic carbocycles. The number of benzene rings is 2. The minimum Gasteiger partial charge on any atom is -0.488 e. The molecule has 2 aromatic rings. The molecule has 110 valence electrons. The van der Waals surface area contributed by atoms with E-state index in [0.717, 1.165) is 5.56 Å². The van der Waals surface area contributed by atoms with Gasteiger partial charge in [-0.1, -0.05) is 42.5 Å². The van der Waals surface area contributed by atoms with Crippen LogP contribution in [0.25, 0.3) is 0 Å². The Morgan fingerprint density at radius 3 is 2.24 bits per heavy atom. The van der Waals surface area contributed by atoms with Crippen LogP contribution in [0.4, 0.5) is 0 Å². The number of hydrogen-bond donors (Lipinski definition) is 0. The van der Waals surface area contributed by atoms with Gasteiger partial charge in [-0.15, -0.1) is 0 Å². The first-order chi connectivity index (χ1) is 9.96.